The Hall–Kier alpha value is -2.25. The number of amides is 1. The average molecular weight is 421 g/mol. The monoisotopic (exact) mass is 420 g/mol. The van der Waals surface area contributed by atoms with Gasteiger partial charge >= 0.3 is 0 Å². The molecule has 3 aromatic rings. The maximum absolute atomic E-state index is 13.0. The lowest BCUT2D eigenvalue weighted by atomic mass is 10.1. The lowest BCUT2D eigenvalue weighted by Crippen LogP contribution is -2.20. The number of benzene rings is 2. The second kappa shape index (κ2) is 7.76. The molecule has 0 saturated heterocycles. The molecule has 1 heterocycles. The standard InChI is InChI=1S/C18H14BrFN2O2S/c1-11-17(12-6-8-13(20)9-7-12)22-18(25-11)21-16(23)10-24-15-5-3-2-4-14(15)19/h2-9H,10H2,1H3,(H,21,22,23). The number of para-hydroxylation sites is 1. The predicted octanol–water partition coefficient (Wildman–Crippen LogP) is 5.04. The van der Waals surface area contributed by atoms with Crippen molar-refractivity contribution < 1.29 is 13.9 Å². The van der Waals surface area contributed by atoms with Gasteiger partial charge in [-0.25, -0.2) is 9.37 Å². The number of aryl methyl sites for hydroxylation is 1. The Morgan fingerprint density at radius 2 is 1.96 bits per heavy atom. The molecule has 0 aliphatic rings. The smallest absolute Gasteiger partial charge is 0.264 e. The highest BCUT2D eigenvalue weighted by Crippen LogP contribution is 2.30. The van der Waals surface area contributed by atoms with E-state index in [1.165, 1.54) is 23.5 Å². The molecule has 3 rings (SSSR count). The first-order chi connectivity index (χ1) is 12.0. The number of carbonyl (C=O) groups excluding carboxylic acids is 1. The number of hydrogen-bond acceptors (Lipinski definition) is 4. The van der Waals surface area contributed by atoms with Gasteiger partial charge in [0.1, 0.15) is 11.6 Å². The van der Waals surface area contributed by atoms with Crippen LogP contribution in [-0.2, 0) is 4.79 Å². The molecule has 0 radical (unpaired) electrons. The zero-order chi connectivity index (χ0) is 17.8. The molecule has 0 bridgehead atoms. The zero-order valence-corrected chi connectivity index (χ0v) is 15.7. The molecule has 0 saturated carbocycles. The van der Waals surface area contributed by atoms with Crippen LogP contribution in [0.3, 0.4) is 0 Å². The highest BCUT2D eigenvalue weighted by Gasteiger charge is 2.13. The van der Waals surface area contributed by atoms with E-state index in [0.717, 1.165) is 20.6 Å². The summed E-state index contributed by atoms with van der Waals surface area (Å²) in [6.45, 7) is 1.79. The number of nitrogens with one attached hydrogen (secondary N) is 1. The molecule has 0 atom stereocenters. The minimum absolute atomic E-state index is 0.118. The van der Waals surface area contributed by atoms with Crippen LogP contribution in [-0.4, -0.2) is 17.5 Å². The number of thiazole rings is 1. The van der Waals surface area contributed by atoms with Crippen molar-refractivity contribution in [3.8, 4) is 17.0 Å². The summed E-state index contributed by atoms with van der Waals surface area (Å²) < 4.78 is 19.3. The Morgan fingerprint density at radius 3 is 2.68 bits per heavy atom. The SMILES string of the molecule is Cc1sc(NC(=O)COc2ccccc2Br)nc1-c1ccc(F)cc1. The van der Waals surface area contributed by atoms with Crippen molar-refractivity contribution in [2.45, 2.75) is 6.92 Å². The van der Waals surface area contributed by atoms with Crippen LogP contribution in [0.1, 0.15) is 4.88 Å². The van der Waals surface area contributed by atoms with Crippen molar-refractivity contribution in [2.24, 2.45) is 0 Å². The summed E-state index contributed by atoms with van der Waals surface area (Å²) in [5.74, 6) is 0.00418. The highest BCUT2D eigenvalue weighted by atomic mass is 79.9. The first-order valence-corrected chi connectivity index (χ1v) is 9.04. The Morgan fingerprint density at radius 1 is 1.24 bits per heavy atom. The normalized spacial score (nSPS) is 10.5. The molecular weight excluding hydrogens is 407 g/mol. The molecule has 0 unspecified atom stereocenters. The quantitative estimate of drug-likeness (QED) is 0.628. The van der Waals surface area contributed by atoms with E-state index in [9.17, 15) is 9.18 Å². The van der Waals surface area contributed by atoms with Crippen LogP contribution in [0.2, 0.25) is 0 Å². The second-order valence-electron chi connectivity index (χ2n) is 5.20. The summed E-state index contributed by atoms with van der Waals surface area (Å²) in [6, 6.07) is 13.4. The van der Waals surface area contributed by atoms with Crippen LogP contribution in [0.25, 0.3) is 11.3 Å². The Kier molecular flexibility index (Phi) is 5.45. The van der Waals surface area contributed by atoms with Gasteiger partial charge in [-0.15, -0.1) is 11.3 Å². The first kappa shape index (κ1) is 17.6. The van der Waals surface area contributed by atoms with Crippen LogP contribution < -0.4 is 10.1 Å². The van der Waals surface area contributed by atoms with Gasteiger partial charge in [0.05, 0.1) is 10.2 Å². The maximum Gasteiger partial charge on any atom is 0.264 e. The van der Waals surface area contributed by atoms with E-state index >= 15 is 0 Å². The maximum atomic E-state index is 13.0. The molecule has 0 aliphatic carbocycles. The number of carbonyl (C=O) groups is 1. The molecule has 0 aliphatic heterocycles. The van der Waals surface area contributed by atoms with E-state index < -0.39 is 0 Å². The van der Waals surface area contributed by atoms with Gasteiger partial charge in [-0.1, -0.05) is 12.1 Å². The lowest BCUT2D eigenvalue weighted by molar-refractivity contribution is -0.118. The van der Waals surface area contributed by atoms with Gasteiger partial charge in [0.2, 0.25) is 0 Å². The number of halogens is 2. The van der Waals surface area contributed by atoms with Gasteiger partial charge in [-0.05, 0) is 59.3 Å². The van der Waals surface area contributed by atoms with Crippen molar-refractivity contribution in [3.63, 3.8) is 0 Å². The van der Waals surface area contributed by atoms with E-state index in [-0.39, 0.29) is 18.3 Å². The minimum atomic E-state index is -0.297. The van der Waals surface area contributed by atoms with E-state index in [1.807, 2.05) is 25.1 Å². The van der Waals surface area contributed by atoms with Crippen molar-refractivity contribution in [1.82, 2.24) is 4.98 Å². The summed E-state index contributed by atoms with van der Waals surface area (Å²) in [5, 5.41) is 3.21. The number of nitrogens with zero attached hydrogens (tertiary/aromatic N) is 1. The van der Waals surface area contributed by atoms with Gasteiger partial charge in [0.25, 0.3) is 5.91 Å². The number of rotatable bonds is 5. The summed E-state index contributed by atoms with van der Waals surface area (Å²) in [6.07, 6.45) is 0. The fourth-order valence-corrected chi connectivity index (χ4v) is 3.44. The molecule has 2 aromatic carbocycles. The predicted molar refractivity (Wildman–Crippen MR) is 101 cm³/mol. The molecule has 7 heteroatoms. The Labute approximate surface area is 156 Å². The number of anilines is 1. The van der Waals surface area contributed by atoms with Gasteiger partial charge < -0.3 is 4.74 Å². The molecule has 25 heavy (non-hydrogen) atoms. The van der Waals surface area contributed by atoms with Gasteiger partial charge in [0.15, 0.2) is 11.7 Å². The summed E-state index contributed by atoms with van der Waals surface area (Å²) in [4.78, 5) is 17.4. The second-order valence-corrected chi connectivity index (χ2v) is 7.26. The van der Waals surface area contributed by atoms with Crippen LogP contribution in [0.4, 0.5) is 9.52 Å². The topological polar surface area (TPSA) is 51.2 Å². The summed E-state index contributed by atoms with van der Waals surface area (Å²) in [5.41, 5.74) is 1.53. The third-order valence-electron chi connectivity index (χ3n) is 3.36. The fourth-order valence-electron chi connectivity index (χ4n) is 2.19. The largest absolute Gasteiger partial charge is 0.483 e. The first-order valence-electron chi connectivity index (χ1n) is 7.43. The number of aromatic nitrogens is 1. The summed E-state index contributed by atoms with van der Waals surface area (Å²) in [7, 11) is 0. The molecular formula is C18H14BrFN2O2S. The van der Waals surface area contributed by atoms with E-state index in [1.54, 1.807) is 18.2 Å². The van der Waals surface area contributed by atoms with Crippen molar-refractivity contribution in [2.75, 3.05) is 11.9 Å². The van der Waals surface area contributed by atoms with Crippen LogP contribution in [0.15, 0.2) is 53.0 Å². The van der Waals surface area contributed by atoms with Crippen LogP contribution in [0, 0.1) is 12.7 Å². The molecule has 1 aromatic heterocycles. The third-order valence-corrected chi connectivity index (χ3v) is 4.90. The number of hydrogen-bond donors (Lipinski definition) is 1. The summed E-state index contributed by atoms with van der Waals surface area (Å²) >= 11 is 4.73. The van der Waals surface area contributed by atoms with E-state index in [0.29, 0.717) is 10.9 Å². The fraction of sp³-hybridized carbons (Fsp3) is 0.111. The molecule has 0 spiro atoms. The van der Waals surface area contributed by atoms with E-state index in [4.69, 9.17) is 4.74 Å². The lowest BCUT2D eigenvalue weighted by Gasteiger charge is -2.07. The van der Waals surface area contributed by atoms with Gasteiger partial charge in [-0.3, -0.25) is 10.1 Å². The van der Waals surface area contributed by atoms with Crippen LogP contribution in [0.5, 0.6) is 5.75 Å². The molecule has 1 amide bonds. The minimum Gasteiger partial charge on any atom is -0.483 e. The Bertz CT molecular complexity index is 896. The number of ether oxygens (including phenoxy) is 1. The highest BCUT2D eigenvalue weighted by molar-refractivity contribution is 9.10. The van der Waals surface area contributed by atoms with Crippen molar-refractivity contribution >= 4 is 38.3 Å². The molecule has 0 fully saturated rings. The third kappa shape index (κ3) is 4.43. The van der Waals surface area contributed by atoms with Crippen molar-refractivity contribution in [1.29, 1.82) is 0 Å². The molecule has 1 N–H and O–H groups in total. The zero-order valence-electron chi connectivity index (χ0n) is 13.3. The van der Waals surface area contributed by atoms with E-state index in [2.05, 4.69) is 26.2 Å². The molecule has 4 nitrogen and oxygen atoms in total. The average Bonchev–Trinajstić information content (AvgIpc) is 2.95. The van der Waals surface area contributed by atoms with Crippen LogP contribution >= 0.6 is 27.3 Å². The van der Waals surface area contributed by atoms with Gasteiger partial charge in [0, 0.05) is 10.4 Å². The Balaban J connectivity index is 1.65. The van der Waals surface area contributed by atoms with Gasteiger partial charge in [-0.2, -0.15) is 0 Å². The molecule has 128 valence electrons. The van der Waals surface area contributed by atoms with Crippen molar-refractivity contribution in [3.05, 3.63) is 63.7 Å².